The minimum atomic E-state index is -0.925. The molecule has 15 heavy (non-hydrogen) atoms. The number of nitrogens with zero attached hydrogens (tertiary/aromatic N) is 2. The normalized spacial score (nSPS) is 15.7. The largest absolute Gasteiger partial charge is 0.478 e. The second kappa shape index (κ2) is 4.18. The predicted molar refractivity (Wildman–Crippen MR) is 60.3 cm³/mol. The number of rotatable bonds is 2. The molecule has 4 nitrogen and oxygen atoms in total. The molecule has 1 saturated heterocycles. The van der Waals surface area contributed by atoms with Gasteiger partial charge in [-0.05, 0) is 34.8 Å². The lowest BCUT2D eigenvalue weighted by Gasteiger charge is -2.18. The molecule has 80 valence electrons. The number of anilines is 1. The van der Waals surface area contributed by atoms with Crippen LogP contribution in [-0.4, -0.2) is 29.1 Å². The Morgan fingerprint density at radius 2 is 2.13 bits per heavy atom. The van der Waals surface area contributed by atoms with Crippen LogP contribution < -0.4 is 4.90 Å². The van der Waals surface area contributed by atoms with E-state index in [1.807, 2.05) is 4.90 Å². The Bertz CT molecular complexity index is 389. The molecule has 1 aromatic heterocycles. The summed E-state index contributed by atoms with van der Waals surface area (Å²) in [6, 6.07) is 1.60. The molecule has 1 aromatic rings. The summed E-state index contributed by atoms with van der Waals surface area (Å²) in [5.41, 5.74) is 0.270. The molecule has 0 aliphatic carbocycles. The molecule has 1 aliphatic heterocycles. The highest BCUT2D eigenvalue weighted by Crippen LogP contribution is 2.24. The molecule has 0 radical (unpaired) electrons. The summed E-state index contributed by atoms with van der Waals surface area (Å²) in [7, 11) is 0. The van der Waals surface area contributed by atoms with E-state index in [0.29, 0.717) is 10.3 Å². The molecule has 1 aliphatic rings. The predicted octanol–water partition coefficient (Wildman–Crippen LogP) is 2.14. The Morgan fingerprint density at radius 1 is 1.47 bits per heavy atom. The molecular formula is C10H11BrN2O2. The average molecular weight is 271 g/mol. The van der Waals surface area contributed by atoms with Gasteiger partial charge in [0.05, 0.1) is 0 Å². The zero-order valence-electron chi connectivity index (χ0n) is 8.11. The van der Waals surface area contributed by atoms with Crippen molar-refractivity contribution in [1.29, 1.82) is 0 Å². The Labute approximate surface area is 96.1 Å². The van der Waals surface area contributed by atoms with Gasteiger partial charge in [-0.3, -0.25) is 0 Å². The molecule has 0 saturated carbocycles. The van der Waals surface area contributed by atoms with E-state index in [9.17, 15) is 4.79 Å². The standard InChI is InChI=1S/C10H11BrN2O2/c11-7-5-8(10(14)15)9(12-6-7)13-3-1-2-4-13/h5-6H,1-4H2,(H,14,15). The van der Waals surface area contributed by atoms with Crippen molar-refractivity contribution in [2.75, 3.05) is 18.0 Å². The summed E-state index contributed by atoms with van der Waals surface area (Å²) in [6.45, 7) is 1.80. The highest BCUT2D eigenvalue weighted by Gasteiger charge is 2.20. The first kappa shape index (κ1) is 10.4. The monoisotopic (exact) mass is 270 g/mol. The van der Waals surface area contributed by atoms with Gasteiger partial charge in [-0.2, -0.15) is 0 Å². The summed E-state index contributed by atoms with van der Waals surface area (Å²) in [5.74, 6) is -0.339. The van der Waals surface area contributed by atoms with Crippen molar-refractivity contribution in [2.45, 2.75) is 12.8 Å². The van der Waals surface area contributed by atoms with Crippen LogP contribution in [-0.2, 0) is 0 Å². The lowest BCUT2D eigenvalue weighted by Crippen LogP contribution is -2.22. The van der Waals surface area contributed by atoms with Crippen LogP contribution in [0.1, 0.15) is 23.2 Å². The number of aromatic carboxylic acids is 1. The van der Waals surface area contributed by atoms with Crippen LogP contribution in [0, 0.1) is 0 Å². The average Bonchev–Trinajstić information content (AvgIpc) is 2.70. The Kier molecular flexibility index (Phi) is 2.90. The topological polar surface area (TPSA) is 53.4 Å². The van der Waals surface area contributed by atoms with E-state index in [1.165, 1.54) is 0 Å². The number of carboxylic acids is 1. The number of carbonyl (C=O) groups is 1. The smallest absolute Gasteiger partial charge is 0.339 e. The molecule has 1 fully saturated rings. The molecule has 0 amide bonds. The number of aromatic nitrogens is 1. The quantitative estimate of drug-likeness (QED) is 0.895. The number of pyridine rings is 1. The van der Waals surface area contributed by atoms with Crippen LogP contribution in [0.2, 0.25) is 0 Å². The fraction of sp³-hybridized carbons (Fsp3) is 0.400. The summed E-state index contributed by atoms with van der Waals surface area (Å²) < 4.78 is 0.697. The molecule has 2 heterocycles. The van der Waals surface area contributed by atoms with Crippen molar-refractivity contribution in [3.05, 3.63) is 22.3 Å². The van der Waals surface area contributed by atoms with Crippen LogP contribution in [0.3, 0.4) is 0 Å². The molecular weight excluding hydrogens is 260 g/mol. The molecule has 2 rings (SSSR count). The number of halogens is 1. The highest BCUT2D eigenvalue weighted by molar-refractivity contribution is 9.10. The third kappa shape index (κ3) is 2.12. The van der Waals surface area contributed by atoms with Crippen molar-refractivity contribution in [2.24, 2.45) is 0 Å². The van der Waals surface area contributed by atoms with Crippen LogP contribution in [0.25, 0.3) is 0 Å². The molecule has 0 spiro atoms. The maximum absolute atomic E-state index is 11.0. The molecule has 0 atom stereocenters. The van der Waals surface area contributed by atoms with Gasteiger partial charge in [0, 0.05) is 23.8 Å². The van der Waals surface area contributed by atoms with Gasteiger partial charge in [-0.1, -0.05) is 0 Å². The third-order valence-corrected chi connectivity index (χ3v) is 2.90. The maximum atomic E-state index is 11.0. The lowest BCUT2D eigenvalue weighted by atomic mass is 10.2. The number of carboxylic acid groups (broad SMARTS) is 1. The van der Waals surface area contributed by atoms with Crippen LogP contribution >= 0.6 is 15.9 Å². The highest BCUT2D eigenvalue weighted by atomic mass is 79.9. The van der Waals surface area contributed by atoms with Gasteiger partial charge in [0.1, 0.15) is 11.4 Å². The van der Waals surface area contributed by atoms with E-state index < -0.39 is 5.97 Å². The van der Waals surface area contributed by atoms with Crippen molar-refractivity contribution < 1.29 is 9.90 Å². The zero-order chi connectivity index (χ0) is 10.8. The SMILES string of the molecule is O=C(O)c1cc(Br)cnc1N1CCCC1. The Balaban J connectivity index is 2.40. The van der Waals surface area contributed by atoms with E-state index in [0.717, 1.165) is 25.9 Å². The van der Waals surface area contributed by atoms with Gasteiger partial charge in [0.15, 0.2) is 0 Å². The summed E-state index contributed by atoms with van der Waals surface area (Å²) in [4.78, 5) is 17.2. The summed E-state index contributed by atoms with van der Waals surface area (Å²) in [6.07, 6.45) is 3.85. The van der Waals surface area contributed by atoms with Crippen molar-refractivity contribution in [3.63, 3.8) is 0 Å². The van der Waals surface area contributed by atoms with E-state index in [1.54, 1.807) is 12.3 Å². The van der Waals surface area contributed by atoms with E-state index in [2.05, 4.69) is 20.9 Å². The first-order chi connectivity index (χ1) is 7.18. The van der Waals surface area contributed by atoms with Gasteiger partial charge >= 0.3 is 5.97 Å². The van der Waals surface area contributed by atoms with Crippen LogP contribution in [0.15, 0.2) is 16.7 Å². The van der Waals surface area contributed by atoms with Crippen LogP contribution in [0.5, 0.6) is 0 Å². The molecule has 5 heteroatoms. The van der Waals surface area contributed by atoms with Gasteiger partial charge in [0.25, 0.3) is 0 Å². The zero-order valence-corrected chi connectivity index (χ0v) is 9.70. The van der Waals surface area contributed by atoms with Gasteiger partial charge < -0.3 is 10.0 Å². The first-order valence-electron chi connectivity index (χ1n) is 4.82. The molecule has 0 unspecified atom stereocenters. The maximum Gasteiger partial charge on any atom is 0.339 e. The Morgan fingerprint density at radius 3 is 2.73 bits per heavy atom. The first-order valence-corrected chi connectivity index (χ1v) is 5.61. The van der Waals surface area contributed by atoms with E-state index in [-0.39, 0.29) is 5.56 Å². The second-order valence-electron chi connectivity index (χ2n) is 3.52. The second-order valence-corrected chi connectivity index (χ2v) is 4.44. The molecule has 1 N–H and O–H groups in total. The van der Waals surface area contributed by atoms with Crippen molar-refractivity contribution in [1.82, 2.24) is 4.98 Å². The fourth-order valence-electron chi connectivity index (χ4n) is 1.77. The minimum Gasteiger partial charge on any atom is -0.478 e. The van der Waals surface area contributed by atoms with Gasteiger partial charge in [-0.15, -0.1) is 0 Å². The number of hydrogen-bond acceptors (Lipinski definition) is 3. The molecule has 0 bridgehead atoms. The van der Waals surface area contributed by atoms with E-state index >= 15 is 0 Å². The van der Waals surface area contributed by atoms with Crippen molar-refractivity contribution >= 4 is 27.7 Å². The summed E-state index contributed by atoms with van der Waals surface area (Å²) in [5, 5.41) is 9.06. The molecule has 0 aromatic carbocycles. The van der Waals surface area contributed by atoms with Crippen molar-refractivity contribution in [3.8, 4) is 0 Å². The third-order valence-electron chi connectivity index (χ3n) is 2.47. The van der Waals surface area contributed by atoms with Gasteiger partial charge in [-0.25, -0.2) is 9.78 Å². The van der Waals surface area contributed by atoms with Gasteiger partial charge in [0.2, 0.25) is 0 Å². The Hall–Kier alpha value is -1.10. The van der Waals surface area contributed by atoms with Crippen LogP contribution in [0.4, 0.5) is 5.82 Å². The number of hydrogen-bond donors (Lipinski definition) is 1. The summed E-state index contributed by atoms with van der Waals surface area (Å²) >= 11 is 3.23. The van der Waals surface area contributed by atoms with E-state index in [4.69, 9.17) is 5.11 Å². The minimum absolute atomic E-state index is 0.270. The lowest BCUT2D eigenvalue weighted by molar-refractivity contribution is 0.0697. The fourth-order valence-corrected chi connectivity index (χ4v) is 2.10.